The second-order valence-corrected chi connectivity index (χ2v) is 6.44. The summed E-state index contributed by atoms with van der Waals surface area (Å²) in [6, 6.07) is 0.635. The van der Waals surface area contributed by atoms with Crippen LogP contribution in [0.4, 0.5) is 0 Å². The van der Waals surface area contributed by atoms with Crippen molar-refractivity contribution in [1.82, 2.24) is 4.90 Å². The minimum Gasteiger partial charge on any atom is -0.329 e. The molecule has 1 heterocycles. The Morgan fingerprint density at radius 3 is 2.59 bits per heavy atom. The van der Waals surface area contributed by atoms with Gasteiger partial charge in [-0.2, -0.15) is 0 Å². The second kappa shape index (κ2) is 7.38. The SMILES string of the molecule is CCCCCC(CN)N1CCCC(C)(C)CC1. The van der Waals surface area contributed by atoms with Gasteiger partial charge in [0.25, 0.3) is 0 Å². The molecule has 1 aliphatic rings. The van der Waals surface area contributed by atoms with Crippen LogP contribution in [0.1, 0.15) is 65.7 Å². The smallest absolute Gasteiger partial charge is 0.0218 e. The first-order valence-corrected chi connectivity index (χ1v) is 7.53. The molecule has 0 aromatic rings. The van der Waals surface area contributed by atoms with Gasteiger partial charge in [-0.1, -0.05) is 40.0 Å². The van der Waals surface area contributed by atoms with Crippen molar-refractivity contribution in [2.45, 2.75) is 71.8 Å². The van der Waals surface area contributed by atoms with Gasteiger partial charge in [-0.25, -0.2) is 0 Å². The Bertz CT molecular complexity index is 201. The lowest BCUT2D eigenvalue weighted by Crippen LogP contribution is -2.41. The highest BCUT2D eigenvalue weighted by Crippen LogP contribution is 2.30. The van der Waals surface area contributed by atoms with Crippen LogP contribution in [-0.2, 0) is 0 Å². The van der Waals surface area contributed by atoms with Gasteiger partial charge < -0.3 is 5.73 Å². The number of hydrogen-bond donors (Lipinski definition) is 1. The number of unbranched alkanes of at least 4 members (excludes halogenated alkanes) is 2. The zero-order chi connectivity index (χ0) is 12.7. The van der Waals surface area contributed by atoms with Gasteiger partial charge in [-0.15, -0.1) is 0 Å². The molecule has 1 atom stereocenters. The van der Waals surface area contributed by atoms with Gasteiger partial charge in [-0.05, 0) is 44.2 Å². The largest absolute Gasteiger partial charge is 0.329 e. The summed E-state index contributed by atoms with van der Waals surface area (Å²) in [4.78, 5) is 2.66. The molecule has 1 rings (SSSR count). The van der Waals surface area contributed by atoms with Crippen LogP contribution in [0.25, 0.3) is 0 Å². The van der Waals surface area contributed by atoms with Crippen LogP contribution in [0.5, 0.6) is 0 Å². The number of rotatable bonds is 6. The van der Waals surface area contributed by atoms with E-state index in [-0.39, 0.29) is 0 Å². The molecule has 0 spiro atoms. The van der Waals surface area contributed by atoms with E-state index in [9.17, 15) is 0 Å². The maximum Gasteiger partial charge on any atom is 0.0218 e. The van der Waals surface area contributed by atoms with Crippen LogP contribution < -0.4 is 5.73 Å². The molecule has 1 fully saturated rings. The molecule has 0 bridgehead atoms. The number of nitrogens with zero attached hydrogens (tertiary/aromatic N) is 1. The molecular formula is C15H32N2. The van der Waals surface area contributed by atoms with E-state index in [2.05, 4.69) is 25.7 Å². The lowest BCUT2D eigenvalue weighted by atomic mass is 9.85. The third-order valence-corrected chi connectivity index (χ3v) is 4.30. The third-order valence-electron chi connectivity index (χ3n) is 4.30. The van der Waals surface area contributed by atoms with E-state index in [1.807, 2.05) is 0 Å². The van der Waals surface area contributed by atoms with Crippen molar-refractivity contribution in [1.29, 1.82) is 0 Å². The summed E-state index contributed by atoms with van der Waals surface area (Å²) < 4.78 is 0. The van der Waals surface area contributed by atoms with Crippen molar-refractivity contribution in [3.8, 4) is 0 Å². The molecule has 0 aromatic carbocycles. The first kappa shape index (κ1) is 15.0. The summed E-state index contributed by atoms with van der Waals surface area (Å²) in [5, 5.41) is 0. The zero-order valence-electron chi connectivity index (χ0n) is 12.2. The van der Waals surface area contributed by atoms with E-state index in [1.54, 1.807) is 0 Å². The minimum absolute atomic E-state index is 0.539. The first-order valence-electron chi connectivity index (χ1n) is 7.53. The molecule has 17 heavy (non-hydrogen) atoms. The number of nitrogens with two attached hydrogens (primary N) is 1. The molecular weight excluding hydrogens is 208 g/mol. The minimum atomic E-state index is 0.539. The predicted octanol–water partition coefficient (Wildman–Crippen LogP) is 3.41. The van der Waals surface area contributed by atoms with Gasteiger partial charge in [0.1, 0.15) is 0 Å². The van der Waals surface area contributed by atoms with Gasteiger partial charge in [0.15, 0.2) is 0 Å². The lowest BCUT2D eigenvalue weighted by molar-refractivity contribution is 0.186. The van der Waals surface area contributed by atoms with E-state index in [0.29, 0.717) is 11.5 Å². The van der Waals surface area contributed by atoms with Crippen LogP contribution in [0.15, 0.2) is 0 Å². The van der Waals surface area contributed by atoms with Gasteiger partial charge in [0.2, 0.25) is 0 Å². The van der Waals surface area contributed by atoms with Crippen LogP contribution in [-0.4, -0.2) is 30.6 Å². The van der Waals surface area contributed by atoms with E-state index in [4.69, 9.17) is 5.73 Å². The van der Waals surface area contributed by atoms with Crippen LogP contribution >= 0.6 is 0 Å². The van der Waals surface area contributed by atoms with E-state index >= 15 is 0 Å². The number of hydrogen-bond acceptors (Lipinski definition) is 2. The normalized spacial score (nSPS) is 23.3. The Kier molecular flexibility index (Phi) is 6.50. The van der Waals surface area contributed by atoms with E-state index in [1.165, 1.54) is 58.0 Å². The van der Waals surface area contributed by atoms with Crippen molar-refractivity contribution in [3.05, 3.63) is 0 Å². The second-order valence-electron chi connectivity index (χ2n) is 6.44. The quantitative estimate of drug-likeness (QED) is 0.721. The molecule has 0 saturated carbocycles. The molecule has 0 amide bonds. The predicted molar refractivity (Wildman–Crippen MR) is 76.2 cm³/mol. The van der Waals surface area contributed by atoms with Crippen LogP contribution in [0, 0.1) is 5.41 Å². The number of likely N-dealkylation sites (tertiary alicyclic amines) is 1. The lowest BCUT2D eigenvalue weighted by Gasteiger charge is -2.30. The summed E-state index contributed by atoms with van der Waals surface area (Å²) in [5.41, 5.74) is 6.50. The maximum absolute atomic E-state index is 5.96. The monoisotopic (exact) mass is 240 g/mol. The van der Waals surface area contributed by atoms with Gasteiger partial charge >= 0.3 is 0 Å². The fourth-order valence-electron chi connectivity index (χ4n) is 2.89. The maximum atomic E-state index is 5.96. The van der Waals surface area contributed by atoms with Crippen LogP contribution in [0.2, 0.25) is 0 Å². The van der Waals surface area contributed by atoms with Crippen molar-refractivity contribution >= 4 is 0 Å². The highest BCUT2D eigenvalue weighted by atomic mass is 15.2. The van der Waals surface area contributed by atoms with Gasteiger partial charge in [-0.3, -0.25) is 4.90 Å². The summed E-state index contributed by atoms with van der Waals surface area (Å²) >= 11 is 0. The topological polar surface area (TPSA) is 29.3 Å². The summed E-state index contributed by atoms with van der Waals surface area (Å²) in [6.45, 7) is 10.4. The molecule has 1 saturated heterocycles. The Morgan fingerprint density at radius 2 is 1.94 bits per heavy atom. The Labute approximate surface area is 108 Å². The average Bonchev–Trinajstić information content (AvgIpc) is 2.46. The molecule has 1 aliphatic heterocycles. The molecule has 2 heteroatoms. The average molecular weight is 240 g/mol. The Hall–Kier alpha value is -0.0800. The van der Waals surface area contributed by atoms with Crippen molar-refractivity contribution in [3.63, 3.8) is 0 Å². The Balaban J connectivity index is 2.40. The van der Waals surface area contributed by atoms with Crippen LogP contribution in [0.3, 0.4) is 0 Å². The molecule has 2 nitrogen and oxygen atoms in total. The van der Waals surface area contributed by atoms with Crippen molar-refractivity contribution < 1.29 is 0 Å². The third kappa shape index (κ3) is 5.39. The fourth-order valence-corrected chi connectivity index (χ4v) is 2.89. The molecule has 0 radical (unpaired) electrons. The Morgan fingerprint density at radius 1 is 1.18 bits per heavy atom. The van der Waals surface area contributed by atoms with E-state index in [0.717, 1.165) is 6.54 Å². The summed E-state index contributed by atoms with van der Waals surface area (Å²) in [6.07, 6.45) is 9.35. The summed E-state index contributed by atoms with van der Waals surface area (Å²) in [7, 11) is 0. The summed E-state index contributed by atoms with van der Waals surface area (Å²) in [5.74, 6) is 0. The highest BCUT2D eigenvalue weighted by molar-refractivity contribution is 4.80. The standard InChI is InChI=1S/C15H32N2/c1-4-5-6-8-14(13-16)17-11-7-9-15(2,3)10-12-17/h14H,4-13,16H2,1-3H3. The zero-order valence-corrected chi connectivity index (χ0v) is 12.2. The fraction of sp³-hybridized carbons (Fsp3) is 1.00. The highest BCUT2D eigenvalue weighted by Gasteiger charge is 2.25. The molecule has 1 unspecified atom stereocenters. The molecule has 2 N–H and O–H groups in total. The van der Waals surface area contributed by atoms with Crippen molar-refractivity contribution in [2.24, 2.45) is 11.1 Å². The van der Waals surface area contributed by atoms with E-state index < -0.39 is 0 Å². The molecule has 0 aliphatic carbocycles. The van der Waals surface area contributed by atoms with Crippen molar-refractivity contribution in [2.75, 3.05) is 19.6 Å². The first-order chi connectivity index (χ1) is 8.09. The van der Waals surface area contributed by atoms with Gasteiger partial charge in [0.05, 0.1) is 0 Å². The van der Waals surface area contributed by atoms with Gasteiger partial charge in [0, 0.05) is 12.6 Å². The molecule has 0 aromatic heterocycles. The molecule has 102 valence electrons.